The van der Waals surface area contributed by atoms with Crippen LogP contribution in [0.3, 0.4) is 0 Å². The number of nitriles is 1. The highest BCUT2D eigenvalue weighted by Crippen LogP contribution is 2.21. The van der Waals surface area contributed by atoms with Crippen molar-refractivity contribution in [1.29, 1.82) is 5.26 Å². The number of primary sulfonamides is 1. The van der Waals surface area contributed by atoms with E-state index in [1.165, 1.54) is 18.6 Å². The van der Waals surface area contributed by atoms with Gasteiger partial charge in [-0.15, -0.1) is 0 Å². The fourth-order valence-electron chi connectivity index (χ4n) is 3.27. The number of piperidine rings is 1. The zero-order chi connectivity index (χ0) is 17.0. The van der Waals surface area contributed by atoms with Gasteiger partial charge in [-0.3, -0.25) is 0 Å². The topological polar surface area (TPSA) is 99.2 Å². The molecule has 0 saturated carbocycles. The number of hydrogen-bond acceptors (Lipinski definition) is 5. The maximum atomic E-state index is 11.3. The maximum absolute atomic E-state index is 11.3. The van der Waals surface area contributed by atoms with E-state index in [0.717, 1.165) is 19.6 Å². The Labute approximate surface area is 138 Å². The highest BCUT2D eigenvalue weighted by molar-refractivity contribution is 7.89. The molecule has 1 fully saturated rings. The number of nitrogens with two attached hydrogens (primary N) is 1. The quantitative estimate of drug-likeness (QED) is 0.851. The summed E-state index contributed by atoms with van der Waals surface area (Å²) in [6.45, 7) is 8.36. The van der Waals surface area contributed by atoms with E-state index < -0.39 is 10.0 Å². The van der Waals surface area contributed by atoms with Crippen LogP contribution in [0.4, 0.5) is 5.69 Å². The Kier molecular flexibility index (Phi) is 5.63. The summed E-state index contributed by atoms with van der Waals surface area (Å²) in [4.78, 5) is 2.38. The minimum Gasteiger partial charge on any atom is -0.383 e. The van der Waals surface area contributed by atoms with Crippen LogP contribution in [0, 0.1) is 23.2 Å². The van der Waals surface area contributed by atoms with Gasteiger partial charge in [-0.1, -0.05) is 13.8 Å². The van der Waals surface area contributed by atoms with Crippen molar-refractivity contribution in [2.24, 2.45) is 17.0 Å². The van der Waals surface area contributed by atoms with Crippen LogP contribution in [0.5, 0.6) is 0 Å². The Morgan fingerprint density at radius 1 is 1.35 bits per heavy atom. The lowest BCUT2D eigenvalue weighted by atomic mass is 9.92. The number of sulfonamides is 1. The molecule has 0 amide bonds. The summed E-state index contributed by atoms with van der Waals surface area (Å²) in [5.74, 6) is 1.42. The van der Waals surface area contributed by atoms with Gasteiger partial charge < -0.3 is 10.2 Å². The molecule has 0 unspecified atom stereocenters. The van der Waals surface area contributed by atoms with Gasteiger partial charge in [0.15, 0.2) is 0 Å². The second-order valence-electron chi connectivity index (χ2n) is 6.50. The Hall–Kier alpha value is -1.62. The van der Waals surface area contributed by atoms with E-state index >= 15 is 0 Å². The third-order valence-corrected chi connectivity index (χ3v) is 5.04. The molecular formula is C16H24N4O2S. The molecule has 126 valence electrons. The number of anilines is 1. The number of benzene rings is 1. The highest BCUT2D eigenvalue weighted by atomic mass is 32.2. The molecule has 6 nitrogen and oxygen atoms in total. The summed E-state index contributed by atoms with van der Waals surface area (Å²) in [6.07, 6.45) is 1.28. The van der Waals surface area contributed by atoms with E-state index in [0.29, 0.717) is 24.1 Å². The standard InChI is InChI=1S/C16H24N4O2S/c1-12-7-13(2)11-20(10-12)6-5-19-16-4-3-15(23(18,21)22)8-14(16)9-17/h3-4,8,12-13,19H,5-7,10-11H2,1-2H3,(H2,18,21,22)/t12-,13+. The largest absolute Gasteiger partial charge is 0.383 e. The molecule has 2 atom stereocenters. The average Bonchev–Trinajstić information content (AvgIpc) is 2.45. The van der Waals surface area contributed by atoms with Crippen molar-refractivity contribution >= 4 is 15.7 Å². The maximum Gasteiger partial charge on any atom is 0.238 e. The van der Waals surface area contributed by atoms with Gasteiger partial charge in [-0.05, 0) is 36.5 Å². The summed E-state index contributed by atoms with van der Waals surface area (Å²) in [5.41, 5.74) is 0.926. The molecule has 7 heteroatoms. The molecule has 0 bridgehead atoms. The molecular weight excluding hydrogens is 312 g/mol. The molecule has 23 heavy (non-hydrogen) atoms. The highest BCUT2D eigenvalue weighted by Gasteiger charge is 2.21. The molecule has 1 aliphatic rings. The fourth-order valence-corrected chi connectivity index (χ4v) is 3.81. The van der Waals surface area contributed by atoms with Crippen LogP contribution in [-0.4, -0.2) is 39.5 Å². The molecule has 2 rings (SSSR count). The first kappa shape index (κ1) is 17.7. The lowest BCUT2D eigenvalue weighted by molar-refractivity contribution is 0.146. The van der Waals surface area contributed by atoms with Crippen molar-refractivity contribution in [3.05, 3.63) is 23.8 Å². The van der Waals surface area contributed by atoms with Gasteiger partial charge in [0.2, 0.25) is 10.0 Å². The van der Waals surface area contributed by atoms with Crippen molar-refractivity contribution in [1.82, 2.24) is 4.90 Å². The van der Waals surface area contributed by atoms with Gasteiger partial charge in [0.05, 0.1) is 16.1 Å². The van der Waals surface area contributed by atoms with Crippen LogP contribution < -0.4 is 10.5 Å². The minimum atomic E-state index is -3.79. The molecule has 1 aromatic rings. The number of rotatable bonds is 5. The van der Waals surface area contributed by atoms with Gasteiger partial charge in [0, 0.05) is 26.2 Å². The van der Waals surface area contributed by atoms with Crippen molar-refractivity contribution in [3.63, 3.8) is 0 Å². The van der Waals surface area contributed by atoms with Gasteiger partial charge in [0.25, 0.3) is 0 Å². The van der Waals surface area contributed by atoms with Crippen molar-refractivity contribution in [2.75, 3.05) is 31.5 Å². The summed E-state index contributed by atoms with van der Waals surface area (Å²) in [6, 6.07) is 6.34. The van der Waals surface area contributed by atoms with E-state index in [4.69, 9.17) is 5.14 Å². The lowest BCUT2D eigenvalue weighted by Gasteiger charge is -2.35. The summed E-state index contributed by atoms with van der Waals surface area (Å²) < 4.78 is 22.7. The van der Waals surface area contributed by atoms with Crippen LogP contribution in [0.2, 0.25) is 0 Å². The van der Waals surface area contributed by atoms with E-state index in [2.05, 4.69) is 24.1 Å². The second kappa shape index (κ2) is 7.30. The monoisotopic (exact) mass is 336 g/mol. The number of nitrogens with one attached hydrogen (secondary N) is 1. The van der Waals surface area contributed by atoms with Crippen LogP contribution in [0.25, 0.3) is 0 Å². The fraction of sp³-hybridized carbons (Fsp3) is 0.562. The molecule has 1 aliphatic heterocycles. The van der Waals surface area contributed by atoms with Gasteiger partial charge >= 0.3 is 0 Å². The second-order valence-corrected chi connectivity index (χ2v) is 8.06. The van der Waals surface area contributed by atoms with Crippen LogP contribution in [0.15, 0.2) is 23.1 Å². The zero-order valence-corrected chi connectivity index (χ0v) is 14.4. The molecule has 0 spiro atoms. The lowest BCUT2D eigenvalue weighted by Crippen LogP contribution is -2.41. The van der Waals surface area contributed by atoms with E-state index in [1.807, 2.05) is 6.07 Å². The first-order chi connectivity index (χ1) is 10.8. The molecule has 1 aromatic carbocycles. The third-order valence-electron chi connectivity index (χ3n) is 4.13. The minimum absolute atomic E-state index is 0.0433. The van der Waals surface area contributed by atoms with Crippen LogP contribution in [0.1, 0.15) is 25.8 Å². The van der Waals surface area contributed by atoms with Crippen molar-refractivity contribution < 1.29 is 8.42 Å². The molecule has 0 radical (unpaired) electrons. The summed E-state index contributed by atoms with van der Waals surface area (Å²) in [5, 5.41) is 17.5. The Bertz CT molecular complexity index is 687. The smallest absolute Gasteiger partial charge is 0.238 e. The van der Waals surface area contributed by atoms with Crippen LogP contribution >= 0.6 is 0 Å². The van der Waals surface area contributed by atoms with Crippen LogP contribution in [-0.2, 0) is 10.0 Å². The van der Waals surface area contributed by atoms with Gasteiger partial charge in [-0.25, -0.2) is 13.6 Å². The SMILES string of the molecule is C[C@@H]1C[C@H](C)CN(CCNc2ccc(S(N)(=O)=O)cc2C#N)C1. The zero-order valence-electron chi connectivity index (χ0n) is 13.6. The van der Waals surface area contributed by atoms with Crippen molar-refractivity contribution in [2.45, 2.75) is 25.2 Å². The molecule has 3 N–H and O–H groups in total. The normalized spacial score (nSPS) is 22.5. The van der Waals surface area contributed by atoms with Gasteiger partial charge in [-0.2, -0.15) is 5.26 Å². The van der Waals surface area contributed by atoms with Gasteiger partial charge in [0.1, 0.15) is 6.07 Å². The predicted molar refractivity (Wildman–Crippen MR) is 90.4 cm³/mol. The van der Waals surface area contributed by atoms with E-state index in [9.17, 15) is 13.7 Å². The Morgan fingerprint density at radius 2 is 2.00 bits per heavy atom. The summed E-state index contributed by atoms with van der Waals surface area (Å²) in [7, 11) is -3.79. The molecule has 1 heterocycles. The Morgan fingerprint density at radius 3 is 2.57 bits per heavy atom. The Balaban J connectivity index is 1.97. The molecule has 0 aliphatic carbocycles. The first-order valence-corrected chi connectivity index (χ1v) is 9.37. The van der Waals surface area contributed by atoms with E-state index in [-0.39, 0.29) is 10.5 Å². The van der Waals surface area contributed by atoms with E-state index in [1.54, 1.807) is 6.07 Å². The average molecular weight is 336 g/mol. The molecule has 1 saturated heterocycles. The number of hydrogen-bond donors (Lipinski definition) is 2. The number of likely N-dealkylation sites (tertiary alicyclic amines) is 1. The number of nitrogens with zero attached hydrogens (tertiary/aromatic N) is 2. The third kappa shape index (κ3) is 4.93. The van der Waals surface area contributed by atoms with Crippen molar-refractivity contribution in [3.8, 4) is 6.07 Å². The summed E-state index contributed by atoms with van der Waals surface area (Å²) >= 11 is 0. The first-order valence-electron chi connectivity index (χ1n) is 7.82. The molecule has 0 aromatic heterocycles. The predicted octanol–water partition coefficient (Wildman–Crippen LogP) is 1.60.